The normalized spacial score (nSPS) is 25.5. The van der Waals surface area contributed by atoms with E-state index in [0.717, 1.165) is 0 Å². The quantitative estimate of drug-likeness (QED) is 0.225. The SMILES string of the molecule is COc1nc(N)nc2c1ncn2C1CC(O)C(COP(=O)(O)OP(=O)(O)OP(=O)(O)O)O1. The van der Waals surface area contributed by atoms with Gasteiger partial charge < -0.3 is 39.9 Å². The molecular weight excluding hydrogens is 503 g/mol. The largest absolute Gasteiger partial charge is 0.490 e. The summed E-state index contributed by atoms with van der Waals surface area (Å²) in [6.45, 7) is -0.811. The van der Waals surface area contributed by atoms with Gasteiger partial charge in [-0.25, -0.2) is 18.7 Å². The minimum atomic E-state index is -5.66. The molecule has 1 saturated heterocycles. The molecule has 180 valence electrons. The lowest BCUT2D eigenvalue weighted by Gasteiger charge is -2.19. The van der Waals surface area contributed by atoms with Crippen molar-refractivity contribution in [1.82, 2.24) is 19.5 Å². The predicted molar refractivity (Wildman–Crippen MR) is 101 cm³/mol. The second-order valence-electron chi connectivity index (χ2n) is 6.23. The summed E-state index contributed by atoms with van der Waals surface area (Å²) in [6.07, 6.45) is -2.04. The molecule has 2 aromatic heterocycles. The number of aliphatic hydroxyl groups excluding tert-OH is 1. The first-order valence-corrected chi connectivity index (χ1v) is 12.9. The molecule has 0 amide bonds. The van der Waals surface area contributed by atoms with Crippen molar-refractivity contribution < 1.29 is 61.0 Å². The summed E-state index contributed by atoms with van der Waals surface area (Å²) in [5.74, 6) is -0.00661. The van der Waals surface area contributed by atoms with E-state index in [0.29, 0.717) is 0 Å². The van der Waals surface area contributed by atoms with Gasteiger partial charge in [0.05, 0.1) is 26.1 Å². The second kappa shape index (κ2) is 9.02. The fourth-order valence-electron chi connectivity index (χ4n) is 2.77. The third-order valence-electron chi connectivity index (χ3n) is 3.93. The van der Waals surface area contributed by atoms with E-state index in [-0.39, 0.29) is 29.4 Å². The number of hydrogen-bond donors (Lipinski definition) is 6. The lowest BCUT2D eigenvalue weighted by molar-refractivity contribution is -0.0423. The van der Waals surface area contributed by atoms with Crippen LogP contribution in [0.25, 0.3) is 11.2 Å². The first-order valence-electron chi connectivity index (χ1n) is 8.35. The molecule has 1 aliphatic heterocycles. The fourth-order valence-corrected chi connectivity index (χ4v) is 5.80. The van der Waals surface area contributed by atoms with Crippen molar-refractivity contribution in [3.8, 4) is 5.88 Å². The van der Waals surface area contributed by atoms with Crippen LogP contribution in [0.1, 0.15) is 12.6 Å². The first kappa shape index (κ1) is 25.1. The molecule has 21 heteroatoms. The lowest BCUT2D eigenvalue weighted by Crippen LogP contribution is -2.26. The van der Waals surface area contributed by atoms with Gasteiger partial charge in [0.15, 0.2) is 11.2 Å². The minimum absolute atomic E-state index is 0.0396. The molecule has 0 aliphatic carbocycles. The van der Waals surface area contributed by atoms with E-state index < -0.39 is 48.5 Å². The third-order valence-corrected chi connectivity index (χ3v) is 7.73. The summed E-state index contributed by atoms with van der Waals surface area (Å²) in [6, 6.07) is 0. The maximum absolute atomic E-state index is 11.8. The Morgan fingerprint density at radius 1 is 1.19 bits per heavy atom. The van der Waals surface area contributed by atoms with Gasteiger partial charge in [0.25, 0.3) is 0 Å². The average molecular weight is 521 g/mol. The van der Waals surface area contributed by atoms with Crippen molar-refractivity contribution in [2.24, 2.45) is 0 Å². The summed E-state index contributed by atoms with van der Waals surface area (Å²) in [7, 11) is -15.2. The Balaban J connectivity index is 1.68. The highest BCUT2D eigenvalue weighted by Gasteiger charge is 2.43. The fraction of sp³-hybridized carbons (Fsp3) is 0.545. The number of aromatic nitrogens is 4. The summed E-state index contributed by atoms with van der Waals surface area (Å²) < 4.78 is 57.6. The van der Waals surface area contributed by atoms with E-state index in [4.69, 9.17) is 29.9 Å². The highest BCUT2D eigenvalue weighted by Crippen LogP contribution is 2.66. The first-order chi connectivity index (χ1) is 14.7. The smallest absolute Gasteiger partial charge is 0.479 e. The van der Waals surface area contributed by atoms with Crippen LogP contribution in [0.3, 0.4) is 0 Å². The van der Waals surface area contributed by atoms with Gasteiger partial charge in [0.1, 0.15) is 12.3 Å². The zero-order valence-electron chi connectivity index (χ0n) is 15.9. The standard InChI is InChI=1S/C11H18N5O13P3/c1-25-10-8-9(14-11(12)15-10)16(4-13-8)7-2-5(17)6(27-7)3-26-31(21,22)29-32(23,24)28-30(18,19)20/h4-7,17H,2-3H2,1H3,(H,21,22)(H,23,24)(H2,12,14,15)(H2,18,19,20). The van der Waals surface area contributed by atoms with E-state index in [2.05, 4.69) is 28.1 Å². The predicted octanol–water partition coefficient (Wildman–Crippen LogP) is -0.591. The van der Waals surface area contributed by atoms with Crippen molar-refractivity contribution in [2.75, 3.05) is 19.5 Å². The number of fused-ring (bicyclic) bond motifs is 1. The molecule has 3 rings (SSSR count). The number of phosphoric ester groups is 1. The van der Waals surface area contributed by atoms with Crippen LogP contribution in [0.5, 0.6) is 5.88 Å². The van der Waals surface area contributed by atoms with Crippen LogP contribution in [0.2, 0.25) is 0 Å². The number of imidazole rings is 1. The summed E-state index contributed by atoms with van der Waals surface area (Å²) in [5, 5.41) is 10.2. The van der Waals surface area contributed by atoms with Gasteiger partial charge in [-0.1, -0.05) is 0 Å². The molecule has 1 fully saturated rings. The number of aliphatic hydroxyl groups is 1. The van der Waals surface area contributed by atoms with E-state index in [9.17, 15) is 23.7 Å². The number of rotatable bonds is 9. The molecule has 1 aliphatic rings. The van der Waals surface area contributed by atoms with Crippen LogP contribution in [-0.2, 0) is 31.6 Å². The van der Waals surface area contributed by atoms with Gasteiger partial charge >= 0.3 is 23.5 Å². The van der Waals surface area contributed by atoms with Gasteiger partial charge in [-0.3, -0.25) is 9.09 Å². The number of methoxy groups -OCH3 is 1. The van der Waals surface area contributed by atoms with E-state index in [1.54, 1.807) is 0 Å². The number of phosphoric acid groups is 3. The van der Waals surface area contributed by atoms with Gasteiger partial charge in [-0.05, 0) is 0 Å². The number of nitrogens with two attached hydrogens (primary N) is 1. The molecule has 5 atom stereocenters. The molecule has 0 radical (unpaired) electrons. The van der Waals surface area contributed by atoms with Crippen LogP contribution in [0.15, 0.2) is 6.33 Å². The van der Waals surface area contributed by atoms with Crippen LogP contribution >= 0.6 is 23.5 Å². The van der Waals surface area contributed by atoms with Crippen molar-refractivity contribution in [3.05, 3.63) is 6.33 Å². The number of anilines is 1. The molecule has 7 N–H and O–H groups in total. The topological polar surface area (TPSA) is 268 Å². The van der Waals surface area contributed by atoms with Crippen molar-refractivity contribution >= 4 is 40.6 Å². The molecule has 0 aromatic carbocycles. The van der Waals surface area contributed by atoms with Gasteiger partial charge in [-0.2, -0.15) is 18.6 Å². The number of ether oxygens (including phenoxy) is 2. The second-order valence-corrected chi connectivity index (χ2v) is 10.7. The van der Waals surface area contributed by atoms with Crippen LogP contribution in [0, 0.1) is 0 Å². The Labute approximate surface area is 178 Å². The molecular formula is C11H18N5O13P3. The Morgan fingerprint density at radius 2 is 1.88 bits per heavy atom. The average Bonchev–Trinajstić information content (AvgIpc) is 3.19. The third kappa shape index (κ3) is 6.08. The summed E-state index contributed by atoms with van der Waals surface area (Å²) >= 11 is 0. The monoisotopic (exact) mass is 521 g/mol. The van der Waals surface area contributed by atoms with Crippen LogP contribution in [-0.4, -0.2) is 70.1 Å². The van der Waals surface area contributed by atoms with Gasteiger partial charge in [0.2, 0.25) is 11.8 Å². The molecule has 3 heterocycles. The van der Waals surface area contributed by atoms with Crippen molar-refractivity contribution in [1.29, 1.82) is 0 Å². The highest BCUT2D eigenvalue weighted by molar-refractivity contribution is 7.66. The summed E-state index contributed by atoms with van der Waals surface area (Å²) in [5.41, 5.74) is 6.12. The Kier molecular flexibility index (Phi) is 7.08. The Morgan fingerprint density at radius 3 is 2.50 bits per heavy atom. The lowest BCUT2D eigenvalue weighted by atomic mass is 10.2. The van der Waals surface area contributed by atoms with Gasteiger partial charge in [0, 0.05) is 6.42 Å². The maximum atomic E-state index is 11.8. The molecule has 32 heavy (non-hydrogen) atoms. The molecule has 0 saturated carbocycles. The van der Waals surface area contributed by atoms with Crippen LogP contribution in [0.4, 0.5) is 5.95 Å². The number of nitrogen functional groups attached to an aromatic ring is 1. The zero-order chi connectivity index (χ0) is 23.9. The van der Waals surface area contributed by atoms with E-state index in [1.807, 2.05) is 0 Å². The van der Waals surface area contributed by atoms with Crippen molar-refractivity contribution in [3.63, 3.8) is 0 Å². The zero-order valence-corrected chi connectivity index (χ0v) is 18.6. The van der Waals surface area contributed by atoms with E-state index in [1.165, 1.54) is 18.0 Å². The van der Waals surface area contributed by atoms with Gasteiger partial charge in [-0.15, -0.1) is 0 Å². The van der Waals surface area contributed by atoms with Crippen LogP contribution < -0.4 is 10.5 Å². The molecule has 0 bridgehead atoms. The minimum Gasteiger partial charge on any atom is -0.479 e. The highest BCUT2D eigenvalue weighted by atomic mass is 31.3. The molecule has 5 unspecified atom stereocenters. The number of nitrogens with zero attached hydrogens (tertiary/aromatic N) is 4. The Hall–Kier alpha value is -1.52. The molecule has 2 aromatic rings. The molecule has 18 nitrogen and oxygen atoms in total. The molecule has 0 spiro atoms. The van der Waals surface area contributed by atoms with Crippen molar-refractivity contribution in [2.45, 2.75) is 24.9 Å². The maximum Gasteiger partial charge on any atom is 0.490 e. The van der Waals surface area contributed by atoms with E-state index >= 15 is 0 Å². The number of hydrogen-bond acceptors (Lipinski definition) is 13. The summed E-state index contributed by atoms with van der Waals surface area (Å²) in [4.78, 5) is 47.7. The Bertz CT molecular complexity index is 1140.